The maximum absolute atomic E-state index is 14.3. The Balaban J connectivity index is 1.78. The highest BCUT2D eigenvalue weighted by molar-refractivity contribution is 7.31. The summed E-state index contributed by atoms with van der Waals surface area (Å²) in [5.41, 5.74) is 0.803. The quantitative estimate of drug-likeness (QED) is 0.849. The zero-order valence-corrected chi connectivity index (χ0v) is 12.6. The number of nitrogens with zero attached hydrogens (tertiary/aromatic N) is 3. The van der Waals surface area contributed by atoms with Crippen molar-refractivity contribution in [2.75, 3.05) is 35.7 Å². The molecule has 1 aromatic rings. The number of amides is 1. The van der Waals surface area contributed by atoms with Crippen LogP contribution in [0.1, 0.15) is 0 Å². The topological polar surface area (TPSA) is 74.6 Å². The van der Waals surface area contributed by atoms with Crippen LogP contribution in [0.15, 0.2) is 23.4 Å². The number of hydrogen-bond acceptors (Lipinski definition) is 6. The lowest BCUT2D eigenvalue weighted by atomic mass is 10.2. The fourth-order valence-corrected chi connectivity index (χ4v) is 2.78. The zero-order chi connectivity index (χ0) is 15.5. The average molecular weight is 327 g/mol. The van der Waals surface area contributed by atoms with Gasteiger partial charge in [0, 0.05) is 15.0 Å². The van der Waals surface area contributed by atoms with E-state index in [4.69, 9.17) is 14.5 Å². The number of halogens is 1. The molecule has 2 aliphatic heterocycles. The lowest BCUT2D eigenvalue weighted by molar-refractivity contribution is 0.144. The van der Waals surface area contributed by atoms with Crippen LogP contribution in [0.3, 0.4) is 0 Å². The molecule has 0 saturated carbocycles. The van der Waals surface area contributed by atoms with Gasteiger partial charge in [-0.1, -0.05) is 5.16 Å². The van der Waals surface area contributed by atoms with E-state index in [9.17, 15) is 9.18 Å². The first-order valence-corrected chi connectivity index (χ1v) is 7.91. The van der Waals surface area contributed by atoms with Crippen LogP contribution in [0.2, 0.25) is 0 Å². The van der Waals surface area contributed by atoms with Crippen molar-refractivity contribution < 1.29 is 23.7 Å². The van der Waals surface area contributed by atoms with Crippen molar-refractivity contribution in [3.8, 4) is 0 Å². The number of hydrogen-bond donors (Lipinski definition) is 1. The Kier molecular flexibility index (Phi) is 4.40. The molecule has 1 saturated heterocycles. The molecule has 7 nitrogen and oxygen atoms in total. The molecule has 0 aliphatic carbocycles. The second-order valence-electron chi connectivity index (χ2n) is 4.86. The third-order valence-corrected chi connectivity index (χ3v) is 4.07. The van der Waals surface area contributed by atoms with Crippen LogP contribution in [-0.2, 0) is 9.57 Å². The van der Waals surface area contributed by atoms with Crippen molar-refractivity contribution in [1.29, 1.82) is 0 Å². The predicted molar refractivity (Wildman–Crippen MR) is 81.2 cm³/mol. The number of ether oxygens (including phenoxy) is 1. The van der Waals surface area contributed by atoms with E-state index in [-0.39, 0.29) is 14.9 Å². The highest BCUT2D eigenvalue weighted by atomic mass is 31.1. The van der Waals surface area contributed by atoms with E-state index >= 15 is 0 Å². The van der Waals surface area contributed by atoms with Crippen molar-refractivity contribution in [3.05, 3.63) is 24.0 Å². The van der Waals surface area contributed by atoms with Crippen molar-refractivity contribution in [2.24, 2.45) is 5.16 Å². The first kappa shape index (κ1) is 15.0. The highest BCUT2D eigenvalue weighted by Gasteiger charge is 2.32. The molecule has 22 heavy (non-hydrogen) atoms. The van der Waals surface area contributed by atoms with Crippen molar-refractivity contribution in [3.63, 3.8) is 0 Å². The van der Waals surface area contributed by atoms with Gasteiger partial charge in [-0.2, -0.15) is 0 Å². The Morgan fingerprint density at radius 3 is 3.05 bits per heavy atom. The second kappa shape index (κ2) is 6.46. The number of carbonyl (C=O) groups is 1. The fourth-order valence-electron chi connectivity index (χ4n) is 2.36. The lowest BCUT2D eigenvalue weighted by Gasteiger charge is -2.23. The molecule has 118 valence electrons. The molecular weight excluding hydrogens is 312 g/mol. The molecule has 0 radical (unpaired) electrons. The van der Waals surface area contributed by atoms with Gasteiger partial charge in [0.2, 0.25) is 0 Å². The molecule has 0 bridgehead atoms. The summed E-state index contributed by atoms with van der Waals surface area (Å²) in [7, 11) is -0.284. The van der Waals surface area contributed by atoms with Gasteiger partial charge in [0.15, 0.2) is 0 Å². The molecule has 1 N–H and O–H groups in total. The van der Waals surface area contributed by atoms with Crippen LogP contribution in [0.25, 0.3) is 0 Å². The van der Waals surface area contributed by atoms with E-state index in [1.54, 1.807) is 17.0 Å². The summed E-state index contributed by atoms with van der Waals surface area (Å²) in [4.78, 5) is 28.6. The minimum absolute atomic E-state index is 0.284. The minimum Gasteiger partial charge on any atom is -0.443 e. The predicted octanol–water partition coefficient (Wildman–Crippen LogP) is 1.52. The van der Waals surface area contributed by atoms with E-state index in [1.807, 2.05) is 0 Å². The minimum atomic E-state index is -0.525. The molecule has 1 amide bonds. The summed E-state index contributed by atoms with van der Waals surface area (Å²) in [5.74, 6) is -0.453. The van der Waals surface area contributed by atoms with Gasteiger partial charge in [-0.15, -0.1) is 0 Å². The maximum Gasteiger partial charge on any atom is 0.414 e. The van der Waals surface area contributed by atoms with Crippen LogP contribution >= 0.6 is 8.81 Å². The molecule has 0 spiro atoms. The zero-order valence-electron chi connectivity index (χ0n) is 11.6. The molecule has 1 fully saturated rings. The van der Waals surface area contributed by atoms with E-state index in [1.165, 1.54) is 17.3 Å². The third kappa shape index (κ3) is 2.98. The summed E-state index contributed by atoms with van der Waals surface area (Å²) in [5, 5.41) is 3.65. The molecule has 0 aromatic heterocycles. The molecule has 1 unspecified atom stereocenters. The van der Waals surface area contributed by atoms with Gasteiger partial charge in [-0.25, -0.2) is 9.18 Å². The normalized spacial score (nSPS) is 21.5. The first-order chi connectivity index (χ1) is 10.7. The Bertz CT molecular complexity index is 601. The maximum atomic E-state index is 14.3. The molecule has 1 aromatic carbocycles. The van der Waals surface area contributed by atoms with E-state index in [2.05, 4.69) is 5.16 Å². The SMILES string of the molecule is O=C1O[C@@H](CPO)CN1c1ccc(N2C=NOCC2)c(F)c1. The van der Waals surface area contributed by atoms with Gasteiger partial charge < -0.3 is 19.4 Å². The summed E-state index contributed by atoms with van der Waals surface area (Å²) < 4.78 is 19.4. The van der Waals surface area contributed by atoms with E-state index in [0.717, 1.165) is 0 Å². The number of anilines is 2. The van der Waals surface area contributed by atoms with Gasteiger partial charge in [-0.05, 0) is 18.2 Å². The van der Waals surface area contributed by atoms with Crippen LogP contribution in [-0.4, -0.2) is 49.3 Å². The van der Waals surface area contributed by atoms with Gasteiger partial charge in [0.1, 0.15) is 24.9 Å². The molecule has 9 heteroatoms. The third-order valence-electron chi connectivity index (χ3n) is 3.43. The second-order valence-corrected chi connectivity index (χ2v) is 5.59. The smallest absolute Gasteiger partial charge is 0.414 e. The van der Waals surface area contributed by atoms with Crippen LogP contribution in [0.5, 0.6) is 0 Å². The molecule has 2 atom stereocenters. The van der Waals surface area contributed by atoms with Crippen molar-refractivity contribution in [1.82, 2.24) is 0 Å². The number of carbonyl (C=O) groups excluding carboxylic acids is 1. The van der Waals surface area contributed by atoms with E-state index in [0.29, 0.717) is 37.2 Å². The molecule has 3 rings (SSSR count). The van der Waals surface area contributed by atoms with Gasteiger partial charge in [0.25, 0.3) is 0 Å². The molecule has 2 aliphatic rings. The summed E-state index contributed by atoms with van der Waals surface area (Å²) in [6.45, 7) is 1.20. The van der Waals surface area contributed by atoms with Crippen molar-refractivity contribution >= 4 is 32.6 Å². The number of cyclic esters (lactones) is 1. The van der Waals surface area contributed by atoms with Gasteiger partial charge in [0.05, 0.1) is 24.5 Å². The lowest BCUT2D eigenvalue weighted by Crippen LogP contribution is -2.30. The van der Waals surface area contributed by atoms with E-state index < -0.39 is 11.9 Å². The van der Waals surface area contributed by atoms with Gasteiger partial charge >= 0.3 is 6.09 Å². The number of benzene rings is 1. The van der Waals surface area contributed by atoms with Crippen LogP contribution < -0.4 is 9.80 Å². The summed E-state index contributed by atoms with van der Waals surface area (Å²) in [6, 6.07) is 4.55. The Morgan fingerprint density at radius 2 is 2.36 bits per heavy atom. The molecule has 2 heterocycles. The Hall–Kier alpha value is -1.92. The number of rotatable bonds is 4. The monoisotopic (exact) mass is 327 g/mol. The number of oxime groups is 1. The fraction of sp³-hybridized carbons (Fsp3) is 0.385. The first-order valence-electron chi connectivity index (χ1n) is 6.76. The van der Waals surface area contributed by atoms with Crippen LogP contribution in [0.4, 0.5) is 20.6 Å². The Morgan fingerprint density at radius 1 is 1.50 bits per heavy atom. The van der Waals surface area contributed by atoms with Crippen molar-refractivity contribution in [2.45, 2.75) is 6.10 Å². The highest BCUT2D eigenvalue weighted by Crippen LogP contribution is 2.28. The van der Waals surface area contributed by atoms with Crippen LogP contribution in [0, 0.1) is 5.82 Å². The summed E-state index contributed by atoms with van der Waals surface area (Å²) >= 11 is 0. The standard InChI is InChI=1S/C13H15FN3O4P/c14-11-5-9(17-6-10(7-22-19)21-13(17)18)1-2-12(11)16-3-4-20-15-8-16/h1-2,5,8,10,19,22H,3-4,6-7H2/t10-/m1/s1. The Labute approximate surface area is 128 Å². The average Bonchev–Trinajstić information content (AvgIpc) is 2.89. The largest absolute Gasteiger partial charge is 0.443 e. The van der Waals surface area contributed by atoms with Gasteiger partial charge in [-0.3, -0.25) is 4.90 Å². The molecular formula is C13H15FN3O4P. The summed E-state index contributed by atoms with van der Waals surface area (Å²) in [6.07, 6.45) is 0.935.